The van der Waals surface area contributed by atoms with E-state index in [0.29, 0.717) is 11.0 Å². The highest BCUT2D eigenvalue weighted by molar-refractivity contribution is 14.1. The van der Waals surface area contributed by atoms with Crippen LogP contribution in [0, 0.1) is 0 Å². The predicted molar refractivity (Wildman–Crippen MR) is 72.5 cm³/mol. The molecule has 1 amide bonds. The molecule has 16 heavy (non-hydrogen) atoms. The minimum Gasteiger partial charge on any atom is -0.378 e. The Labute approximate surface area is 109 Å². The van der Waals surface area contributed by atoms with Gasteiger partial charge in [-0.05, 0) is 17.7 Å². The monoisotopic (exact) mass is 334 g/mol. The molecule has 0 unspecified atom stereocenters. The molecule has 5 heteroatoms. The third kappa shape index (κ3) is 4.91. The lowest BCUT2D eigenvalue weighted by Crippen LogP contribution is -2.29. The molecule has 0 aliphatic rings. The highest BCUT2D eigenvalue weighted by Gasteiger charge is 2.00. The summed E-state index contributed by atoms with van der Waals surface area (Å²) in [6.07, 6.45) is -0.476. The number of carbonyl (C=O) groups excluding carboxylic acids is 1. The Morgan fingerprint density at radius 1 is 1.44 bits per heavy atom. The van der Waals surface area contributed by atoms with Gasteiger partial charge < -0.3 is 10.4 Å². The lowest BCUT2D eigenvalue weighted by Gasteiger charge is -2.10. The fraction of sp³-hybridized carbons (Fsp3) is 0.364. The van der Waals surface area contributed by atoms with Gasteiger partial charge in [-0.1, -0.05) is 34.7 Å². The van der Waals surface area contributed by atoms with Gasteiger partial charge in [0, 0.05) is 23.6 Å². The molecule has 0 spiro atoms. The van der Waals surface area contributed by atoms with E-state index in [-0.39, 0.29) is 5.91 Å². The molecule has 0 fully saturated rings. The van der Waals surface area contributed by atoms with E-state index in [9.17, 15) is 9.90 Å². The van der Waals surface area contributed by atoms with Crippen molar-refractivity contribution in [1.29, 1.82) is 0 Å². The van der Waals surface area contributed by atoms with Gasteiger partial charge in [0.25, 0.3) is 0 Å². The standard InChI is InChI=1S/C11H15IN2O2/c1-8(15)14-10-4-2-9(3-5-10)7-13-11(16)6-12/h2-5,11,13,16H,6-7H2,1H3,(H,14,15)/t11-/m1/s1. The summed E-state index contributed by atoms with van der Waals surface area (Å²) >= 11 is 2.11. The zero-order valence-electron chi connectivity index (χ0n) is 9.03. The Bertz CT molecular complexity index is 340. The first-order valence-electron chi connectivity index (χ1n) is 4.95. The van der Waals surface area contributed by atoms with E-state index in [4.69, 9.17) is 0 Å². The van der Waals surface area contributed by atoms with Gasteiger partial charge in [0.15, 0.2) is 0 Å². The molecule has 0 aliphatic carbocycles. The highest BCUT2D eigenvalue weighted by atomic mass is 127. The number of alkyl halides is 1. The molecule has 0 bridgehead atoms. The number of benzene rings is 1. The number of rotatable bonds is 5. The van der Waals surface area contributed by atoms with Gasteiger partial charge in [0.1, 0.15) is 6.23 Å². The second-order valence-electron chi connectivity index (χ2n) is 3.43. The number of anilines is 1. The maximum Gasteiger partial charge on any atom is 0.221 e. The van der Waals surface area contributed by atoms with Gasteiger partial charge in [-0.25, -0.2) is 0 Å². The van der Waals surface area contributed by atoms with Crippen molar-refractivity contribution in [2.45, 2.75) is 19.7 Å². The Hall–Kier alpha value is -0.660. The molecule has 1 rings (SSSR count). The number of halogens is 1. The van der Waals surface area contributed by atoms with Crippen molar-refractivity contribution < 1.29 is 9.90 Å². The SMILES string of the molecule is CC(=O)Nc1ccc(CN[C@H](O)CI)cc1. The molecule has 0 saturated carbocycles. The number of carbonyl (C=O) groups is 1. The molecule has 0 aliphatic heterocycles. The molecule has 1 aromatic carbocycles. The van der Waals surface area contributed by atoms with Crippen LogP contribution in [0.5, 0.6) is 0 Å². The summed E-state index contributed by atoms with van der Waals surface area (Å²) in [4.78, 5) is 10.8. The van der Waals surface area contributed by atoms with Gasteiger partial charge >= 0.3 is 0 Å². The van der Waals surface area contributed by atoms with Crippen molar-refractivity contribution in [2.75, 3.05) is 9.74 Å². The average molecular weight is 334 g/mol. The Balaban J connectivity index is 2.48. The molecular formula is C11H15IN2O2. The molecule has 1 atom stereocenters. The molecule has 0 saturated heterocycles. The van der Waals surface area contributed by atoms with Gasteiger partial charge in [0.2, 0.25) is 5.91 Å². The van der Waals surface area contributed by atoms with Crippen molar-refractivity contribution in [3.63, 3.8) is 0 Å². The van der Waals surface area contributed by atoms with Gasteiger partial charge in [-0.15, -0.1) is 0 Å². The van der Waals surface area contributed by atoms with Gasteiger partial charge in [-0.2, -0.15) is 0 Å². The Morgan fingerprint density at radius 3 is 2.56 bits per heavy atom. The molecule has 1 aromatic rings. The van der Waals surface area contributed by atoms with Crippen molar-refractivity contribution >= 4 is 34.2 Å². The number of hydrogen-bond donors (Lipinski definition) is 3. The predicted octanol–water partition coefficient (Wildman–Crippen LogP) is 1.49. The van der Waals surface area contributed by atoms with Crippen molar-refractivity contribution in [3.05, 3.63) is 29.8 Å². The van der Waals surface area contributed by atoms with Gasteiger partial charge in [0.05, 0.1) is 0 Å². The van der Waals surface area contributed by atoms with Crippen LogP contribution in [0.15, 0.2) is 24.3 Å². The van der Waals surface area contributed by atoms with Crippen LogP contribution in [0.4, 0.5) is 5.69 Å². The van der Waals surface area contributed by atoms with Crippen molar-refractivity contribution in [1.82, 2.24) is 5.32 Å². The zero-order valence-corrected chi connectivity index (χ0v) is 11.2. The van der Waals surface area contributed by atoms with Crippen LogP contribution < -0.4 is 10.6 Å². The largest absolute Gasteiger partial charge is 0.378 e. The fourth-order valence-corrected chi connectivity index (χ4v) is 1.51. The molecule has 0 aromatic heterocycles. The fourth-order valence-electron chi connectivity index (χ4n) is 1.20. The summed E-state index contributed by atoms with van der Waals surface area (Å²) in [5.74, 6) is -0.0776. The van der Waals surface area contributed by atoms with Crippen LogP contribution in [0.25, 0.3) is 0 Å². The van der Waals surface area contributed by atoms with Crippen LogP contribution in [0.1, 0.15) is 12.5 Å². The summed E-state index contributed by atoms with van der Waals surface area (Å²) in [5, 5.41) is 15.0. The summed E-state index contributed by atoms with van der Waals surface area (Å²) in [5.41, 5.74) is 1.85. The number of amides is 1. The third-order valence-corrected chi connectivity index (χ3v) is 2.80. The second-order valence-corrected chi connectivity index (χ2v) is 4.31. The van der Waals surface area contributed by atoms with Crippen LogP contribution >= 0.6 is 22.6 Å². The van der Waals surface area contributed by atoms with Gasteiger partial charge in [-0.3, -0.25) is 10.1 Å². The number of hydrogen-bond acceptors (Lipinski definition) is 3. The number of aliphatic hydroxyl groups excluding tert-OH is 1. The van der Waals surface area contributed by atoms with E-state index in [2.05, 4.69) is 33.2 Å². The second kappa shape index (κ2) is 6.82. The molecule has 3 N–H and O–H groups in total. The van der Waals surface area contributed by atoms with E-state index in [1.807, 2.05) is 24.3 Å². The zero-order chi connectivity index (χ0) is 12.0. The molecule has 0 heterocycles. The van der Waals surface area contributed by atoms with Crippen LogP contribution in [-0.4, -0.2) is 21.7 Å². The van der Waals surface area contributed by atoms with Crippen molar-refractivity contribution in [3.8, 4) is 0 Å². The number of nitrogens with one attached hydrogen (secondary N) is 2. The highest BCUT2D eigenvalue weighted by Crippen LogP contribution is 2.09. The lowest BCUT2D eigenvalue weighted by molar-refractivity contribution is -0.114. The third-order valence-electron chi connectivity index (χ3n) is 1.96. The van der Waals surface area contributed by atoms with E-state index in [1.54, 1.807) is 0 Å². The first-order chi connectivity index (χ1) is 7.61. The number of aliphatic hydroxyl groups is 1. The first-order valence-corrected chi connectivity index (χ1v) is 6.48. The summed E-state index contributed by atoms with van der Waals surface area (Å²) < 4.78 is 0.654. The van der Waals surface area contributed by atoms with E-state index >= 15 is 0 Å². The summed E-state index contributed by atoms with van der Waals surface area (Å²) in [6, 6.07) is 7.51. The molecule has 4 nitrogen and oxygen atoms in total. The Kier molecular flexibility index (Phi) is 5.72. The Morgan fingerprint density at radius 2 is 2.06 bits per heavy atom. The minimum atomic E-state index is -0.476. The molecule has 88 valence electrons. The first kappa shape index (κ1) is 13.4. The lowest BCUT2D eigenvalue weighted by atomic mass is 10.2. The molecular weight excluding hydrogens is 319 g/mol. The maximum absolute atomic E-state index is 10.8. The van der Waals surface area contributed by atoms with Crippen LogP contribution in [0.2, 0.25) is 0 Å². The minimum absolute atomic E-state index is 0.0776. The topological polar surface area (TPSA) is 61.4 Å². The quantitative estimate of drug-likeness (QED) is 0.434. The normalized spacial score (nSPS) is 12.2. The molecule has 0 radical (unpaired) electrons. The van der Waals surface area contributed by atoms with Crippen LogP contribution in [-0.2, 0) is 11.3 Å². The maximum atomic E-state index is 10.8. The smallest absolute Gasteiger partial charge is 0.221 e. The van der Waals surface area contributed by atoms with E-state index < -0.39 is 6.23 Å². The van der Waals surface area contributed by atoms with E-state index in [0.717, 1.165) is 11.3 Å². The van der Waals surface area contributed by atoms with Crippen LogP contribution in [0.3, 0.4) is 0 Å². The summed E-state index contributed by atoms with van der Waals surface area (Å²) in [6.45, 7) is 2.09. The average Bonchev–Trinajstić information content (AvgIpc) is 2.27. The van der Waals surface area contributed by atoms with E-state index in [1.165, 1.54) is 6.92 Å². The summed E-state index contributed by atoms with van der Waals surface area (Å²) in [7, 11) is 0. The van der Waals surface area contributed by atoms with Crippen molar-refractivity contribution in [2.24, 2.45) is 0 Å².